The highest BCUT2D eigenvalue weighted by atomic mass is 19.4. The van der Waals surface area contributed by atoms with E-state index in [9.17, 15) is 32.4 Å². The summed E-state index contributed by atoms with van der Waals surface area (Å²) in [5.41, 5.74) is -0.495. The van der Waals surface area contributed by atoms with E-state index in [1.165, 1.54) is 0 Å². The lowest BCUT2D eigenvalue weighted by Crippen LogP contribution is -2.51. The fraction of sp³-hybridized carbons (Fsp3) is 0.464. The molecule has 0 aromatic heterocycles. The van der Waals surface area contributed by atoms with Gasteiger partial charge in [0.2, 0.25) is 5.91 Å². The molecule has 2 heterocycles. The van der Waals surface area contributed by atoms with Crippen molar-refractivity contribution in [2.24, 2.45) is 11.8 Å². The van der Waals surface area contributed by atoms with E-state index in [4.69, 9.17) is 4.74 Å². The predicted octanol–water partition coefficient (Wildman–Crippen LogP) is 4.51. The smallest absolute Gasteiger partial charge is 0.381 e. The molecule has 4 atom stereocenters. The van der Waals surface area contributed by atoms with Crippen LogP contribution < -0.4 is 5.32 Å². The van der Waals surface area contributed by atoms with Gasteiger partial charge in [-0.3, -0.25) is 9.59 Å². The third-order valence-electron chi connectivity index (χ3n) is 8.36. The van der Waals surface area contributed by atoms with E-state index in [0.717, 1.165) is 37.0 Å². The van der Waals surface area contributed by atoms with Crippen LogP contribution in [-0.2, 0) is 21.1 Å². The van der Waals surface area contributed by atoms with Crippen molar-refractivity contribution >= 4 is 11.8 Å². The molecule has 198 valence electrons. The van der Waals surface area contributed by atoms with Crippen LogP contribution in [0.4, 0.5) is 17.6 Å². The molecule has 4 aliphatic rings. The van der Waals surface area contributed by atoms with Gasteiger partial charge in [-0.15, -0.1) is 0 Å². The summed E-state index contributed by atoms with van der Waals surface area (Å²) < 4.78 is 59.2. The molecule has 4 fully saturated rings. The molecule has 2 aromatic carbocycles. The Morgan fingerprint density at radius 3 is 2.50 bits per heavy atom. The number of amides is 2. The molecule has 2 aliphatic carbocycles. The number of carbonyl (C=O) groups is 2. The number of nitrogens with zero attached hydrogens (tertiary/aromatic N) is 2. The highest BCUT2D eigenvalue weighted by Crippen LogP contribution is 2.50. The predicted molar refractivity (Wildman–Crippen MR) is 126 cm³/mol. The number of nitriles is 1. The molecule has 2 aliphatic heterocycles. The average Bonchev–Trinajstić information content (AvgIpc) is 3.78. The van der Waals surface area contributed by atoms with Gasteiger partial charge >= 0.3 is 6.18 Å². The van der Waals surface area contributed by atoms with E-state index in [0.29, 0.717) is 18.1 Å². The first-order chi connectivity index (χ1) is 18.1. The topological polar surface area (TPSA) is 82.4 Å². The Morgan fingerprint density at radius 2 is 1.89 bits per heavy atom. The fourth-order valence-corrected chi connectivity index (χ4v) is 5.77. The van der Waals surface area contributed by atoms with Crippen LogP contribution in [0.1, 0.15) is 58.8 Å². The summed E-state index contributed by atoms with van der Waals surface area (Å²) in [7, 11) is 0. The third-order valence-corrected chi connectivity index (χ3v) is 8.36. The minimum absolute atomic E-state index is 0.0420. The van der Waals surface area contributed by atoms with Crippen LogP contribution in [0, 0.1) is 29.0 Å². The summed E-state index contributed by atoms with van der Waals surface area (Å²) in [6.07, 6.45) is -1.94. The maximum absolute atomic E-state index is 14.9. The standard InChI is InChI=1S/C28H25F4N3O3/c29-21-11-19(28(30,31)32)4-5-20(21)24(17-12-38-13-17)34-25(36)23-10-16-9-22(16)35(23)26(37)15-2-1-3-18(8-15)27(14-33)6-7-27/h1-5,8,11,16-17,22-24H,6-7,9-10,12-13H2,(H,34,36)/t16-,22-,23-,24-/m1/s1. The van der Waals surface area contributed by atoms with E-state index in [1.807, 2.05) is 6.07 Å². The van der Waals surface area contributed by atoms with Gasteiger partial charge < -0.3 is 15.0 Å². The zero-order valence-corrected chi connectivity index (χ0v) is 20.3. The van der Waals surface area contributed by atoms with Crippen LogP contribution >= 0.6 is 0 Å². The van der Waals surface area contributed by atoms with Gasteiger partial charge in [-0.1, -0.05) is 18.2 Å². The van der Waals surface area contributed by atoms with Crippen molar-refractivity contribution in [1.82, 2.24) is 10.2 Å². The van der Waals surface area contributed by atoms with Crippen molar-refractivity contribution in [2.75, 3.05) is 13.2 Å². The Bertz CT molecular complexity index is 1350. The first-order valence-electron chi connectivity index (χ1n) is 12.7. The van der Waals surface area contributed by atoms with E-state index < -0.39 is 41.0 Å². The second-order valence-corrected chi connectivity index (χ2v) is 10.8. The Hall–Kier alpha value is -3.45. The van der Waals surface area contributed by atoms with E-state index in [-0.39, 0.29) is 42.6 Å². The van der Waals surface area contributed by atoms with Crippen molar-refractivity contribution in [3.8, 4) is 6.07 Å². The average molecular weight is 528 g/mol. The zero-order chi connectivity index (χ0) is 26.8. The number of carbonyl (C=O) groups excluding carboxylic acids is 2. The van der Waals surface area contributed by atoms with Crippen LogP contribution in [0.3, 0.4) is 0 Å². The number of halogens is 4. The van der Waals surface area contributed by atoms with E-state index >= 15 is 0 Å². The summed E-state index contributed by atoms with van der Waals surface area (Å²) in [4.78, 5) is 28.7. The quantitative estimate of drug-likeness (QED) is 0.561. The molecule has 0 spiro atoms. The van der Waals surface area contributed by atoms with Gasteiger partial charge in [-0.05, 0) is 61.4 Å². The molecule has 10 heteroatoms. The van der Waals surface area contributed by atoms with Crippen LogP contribution in [0.15, 0.2) is 42.5 Å². The van der Waals surface area contributed by atoms with Crippen LogP contribution in [-0.4, -0.2) is 42.0 Å². The number of nitrogens with one attached hydrogen (secondary N) is 1. The van der Waals surface area contributed by atoms with Crippen LogP contribution in [0.25, 0.3) is 0 Å². The molecule has 2 saturated heterocycles. The van der Waals surface area contributed by atoms with Gasteiger partial charge in [-0.25, -0.2) is 4.39 Å². The molecular weight excluding hydrogens is 502 g/mol. The maximum atomic E-state index is 14.9. The SMILES string of the molecule is N#CC1(c2cccc(C(=O)N3[C@@H](C(=O)N[C@@H](c4ccc(C(F)(F)F)cc4F)C4COC4)C[C@H]4C[C@H]43)c2)CC1. The monoisotopic (exact) mass is 527 g/mol. The van der Waals surface area contributed by atoms with Gasteiger partial charge in [0, 0.05) is 23.1 Å². The summed E-state index contributed by atoms with van der Waals surface area (Å²) in [5.74, 6) is -1.92. The number of likely N-dealkylation sites (tertiary alicyclic amines) is 1. The van der Waals surface area contributed by atoms with Crippen LogP contribution in [0.2, 0.25) is 0 Å². The molecule has 1 N–H and O–H groups in total. The number of piperidine rings is 1. The van der Waals surface area contributed by atoms with Gasteiger partial charge in [0.05, 0.1) is 36.3 Å². The number of rotatable bonds is 6. The lowest BCUT2D eigenvalue weighted by Gasteiger charge is -2.36. The number of benzene rings is 2. The zero-order valence-electron chi connectivity index (χ0n) is 20.3. The highest BCUT2D eigenvalue weighted by Gasteiger charge is 2.56. The van der Waals surface area contributed by atoms with Gasteiger partial charge in [0.25, 0.3) is 5.91 Å². The van der Waals surface area contributed by atoms with Crippen molar-refractivity contribution < 1.29 is 31.9 Å². The molecule has 2 saturated carbocycles. The maximum Gasteiger partial charge on any atom is 0.416 e. The Kier molecular flexibility index (Phi) is 5.76. The molecule has 6 rings (SSSR count). The van der Waals surface area contributed by atoms with Crippen molar-refractivity contribution in [3.63, 3.8) is 0 Å². The summed E-state index contributed by atoms with van der Waals surface area (Å²) in [6, 6.07) is 9.89. The number of hydrogen-bond acceptors (Lipinski definition) is 4. The summed E-state index contributed by atoms with van der Waals surface area (Å²) in [6.45, 7) is 0.467. The van der Waals surface area contributed by atoms with E-state index in [2.05, 4.69) is 11.4 Å². The summed E-state index contributed by atoms with van der Waals surface area (Å²) in [5, 5.41) is 12.4. The van der Waals surface area contributed by atoms with Crippen molar-refractivity contribution in [1.29, 1.82) is 5.26 Å². The first-order valence-corrected chi connectivity index (χ1v) is 12.7. The van der Waals surface area contributed by atoms with Gasteiger partial charge in [0.15, 0.2) is 0 Å². The molecule has 0 bridgehead atoms. The number of ether oxygens (including phenoxy) is 1. The molecule has 6 nitrogen and oxygen atoms in total. The van der Waals surface area contributed by atoms with Crippen LogP contribution in [0.5, 0.6) is 0 Å². The number of fused-ring (bicyclic) bond motifs is 1. The van der Waals surface area contributed by atoms with Crippen molar-refractivity contribution in [3.05, 3.63) is 70.5 Å². The minimum atomic E-state index is -4.69. The fourth-order valence-electron chi connectivity index (χ4n) is 5.77. The molecule has 2 amide bonds. The summed E-state index contributed by atoms with van der Waals surface area (Å²) >= 11 is 0. The second-order valence-electron chi connectivity index (χ2n) is 10.8. The Morgan fingerprint density at radius 1 is 1.13 bits per heavy atom. The molecule has 0 unspecified atom stereocenters. The minimum Gasteiger partial charge on any atom is -0.381 e. The third kappa shape index (κ3) is 4.23. The lowest BCUT2D eigenvalue weighted by molar-refractivity contribution is -0.138. The number of hydrogen-bond donors (Lipinski definition) is 1. The normalized spacial score (nSPS) is 26.1. The first kappa shape index (κ1) is 24.9. The second kappa shape index (κ2) is 8.80. The lowest BCUT2D eigenvalue weighted by atomic mass is 9.90. The van der Waals surface area contributed by atoms with E-state index in [1.54, 1.807) is 23.1 Å². The van der Waals surface area contributed by atoms with Crippen molar-refractivity contribution in [2.45, 2.75) is 55.4 Å². The Labute approximate surface area is 216 Å². The molecule has 2 aromatic rings. The van der Waals surface area contributed by atoms with Gasteiger partial charge in [0.1, 0.15) is 11.9 Å². The Balaban J connectivity index is 1.24. The largest absolute Gasteiger partial charge is 0.416 e. The molecular formula is C28H25F4N3O3. The molecule has 0 radical (unpaired) electrons. The number of alkyl halides is 3. The highest BCUT2D eigenvalue weighted by molar-refractivity contribution is 5.99. The van der Waals surface area contributed by atoms with Gasteiger partial charge in [-0.2, -0.15) is 18.4 Å². The molecule has 38 heavy (non-hydrogen) atoms.